The molecule has 1 aliphatic heterocycles. The number of halogens is 2. The van der Waals surface area contributed by atoms with Crippen molar-refractivity contribution in [3.8, 4) is 22.9 Å². The fourth-order valence-corrected chi connectivity index (χ4v) is 3.51. The molecule has 1 aromatic heterocycles. The number of hydrogen-bond donors (Lipinski definition) is 1. The highest BCUT2D eigenvalue weighted by Crippen LogP contribution is 2.42. The van der Waals surface area contributed by atoms with E-state index in [1.165, 1.54) is 0 Å². The van der Waals surface area contributed by atoms with Crippen LogP contribution in [0.2, 0.25) is 0 Å². The Bertz CT molecular complexity index is 722. The summed E-state index contributed by atoms with van der Waals surface area (Å²) in [6.07, 6.45) is 0. The SMILES string of the molecule is CC(C)c1nc(-c2cc(Br)c3c(c2)OCO3)nc(N)c1I. The maximum Gasteiger partial charge on any atom is 0.231 e. The molecule has 0 aliphatic carbocycles. The van der Waals surface area contributed by atoms with Gasteiger partial charge < -0.3 is 15.2 Å². The second kappa shape index (κ2) is 5.60. The third-order valence-electron chi connectivity index (χ3n) is 3.13. The van der Waals surface area contributed by atoms with Crippen molar-refractivity contribution < 1.29 is 9.47 Å². The third-order valence-corrected chi connectivity index (χ3v) is 4.83. The lowest BCUT2D eigenvalue weighted by Gasteiger charge is -2.12. The van der Waals surface area contributed by atoms with E-state index in [2.05, 4.69) is 62.3 Å². The zero-order valence-corrected chi connectivity index (χ0v) is 15.2. The Kier molecular flexibility index (Phi) is 3.96. The standard InChI is InChI=1S/C14H13BrIN3O2/c1-6(2)11-10(16)13(17)19-14(18-11)7-3-8(15)12-9(4-7)20-5-21-12/h3-4,6H,5H2,1-2H3,(H2,17,18,19). The summed E-state index contributed by atoms with van der Waals surface area (Å²) in [4.78, 5) is 9.05. The quantitative estimate of drug-likeness (QED) is 0.686. The fraction of sp³-hybridized carbons (Fsp3) is 0.286. The first-order chi connectivity index (χ1) is 9.97. The van der Waals surface area contributed by atoms with Crippen LogP contribution in [0.1, 0.15) is 25.5 Å². The zero-order chi connectivity index (χ0) is 15.1. The highest BCUT2D eigenvalue weighted by atomic mass is 127. The van der Waals surface area contributed by atoms with Crippen molar-refractivity contribution in [2.24, 2.45) is 0 Å². The van der Waals surface area contributed by atoms with Crippen molar-refractivity contribution in [2.45, 2.75) is 19.8 Å². The summed E-state index contributed by atoms with van der Waals surface area (Å²) < 4.78 is 12.5. The van der Waals surface area contributed by atoms with Crippen molar-refractivity contribution in [3.63, 3.8) is 0 Å². The number of benzene rings is 1. The molecular weight excluding hydrogens is 449 g/mol. The minimum Gasteiger partial charge on any atom is -0.454 e. The average molecular weight is 462 g/mol. The molecule has 0 bridgehead atoms. The molecule has 0 saturated carbocycles. The first-order valence-corrected chi connectivity index (χ1v) is 8.27. The Morgan fingerprint density at radius 3 is 2.76 bits per heavy atom. The van der Waals surface area contributed by atoms with Crippen molar-refractivity contribution >= 4 is 44.3 Å². The topological polar surface area (TPSA) is 70.3 Å². The van der Waals surface area contributed by atoms with Crippen LogP contribution in [0.3, 0.4) is 0 Å². The molecule has 0 saturated heterocycles. The molecule has 0 fully saturated rings. The molecular formula is C14H13BrIN3O2. The third kappa shape index (κ3) is 2.68. The van der Waals surface area contributed by atoms with E-state index in [0.717, 1.165) is 19.3 Å². The van der Waals surface area contributed by atoms with Crippen LogP contribution in [0, 0.1) is 3.57 Å². The molecule has 110 valence electrons. The van der Waals surface area contributed by atoms with Gasteiger partial charge in [-0.15, -0.1) is 0 Å². The average Bonchev–Trinajstić information content (AvgIpc) is 2.90. The Morgan fingerprint density at radius 1 is 1.29 bits per heavy atom. The maximum atomic E-state index is 6.02. The van der Waals surface area contributed by atoms with Gasteiger partial charge in [0.15, 0.2) is 17.3 Å². The molecule has 0 unspecified atom stereocenters. The van der Waals surface area contributed by atoms with Gasteiger partial charge in [0, 0.05) is 5.56 Å². The number of aromatic nitrogens is 2. The molecule has 2 heterocycles. The van der Waals surface area contributed by atoms with Crippen LogP contribution in [0.5, 0.6) is 11.5 Å². The number of rotatable bonds is 2. The highest BCUT2D eigenvalue weighted by Gasteiger charge is 2.21. The summed E-state index contributed by atoms with van der Waals surface area (Å²) >= 11 is 5.67. The lowest BCUT2D eigenvalue weighted by molar-refractivity contribution is 0.173. The molecule has 1 aliphatic rings. The number of ether oxygens (including phenoxy) is 2. The predicted octanol–water partition coefficient (Wildman–Crippen LogP) is 3.95. The largest absolute Gasteiger partial charge is 0.454 e. The number of anilines is 1. The van der Waals surface area contributed by atoms with E-state index in [1.807, 2.05) is 12.1 Å². The van der Waals surface area contributed by atoms with Crippen molar-refractivity contribution in [2.75, 3.05) is 12.5 Å². The molecule has 2 N–H and O–H groups in total. The van der Waals surface area contributed by atoms with Gasteiger partial charge in [-0.25, -0.2) is 9.97 Å². The van der Waals surface area contributed by atoms with Gasteiger partial charge in [-0.3, -0.25) is 0 Å². The van der Waals surface area contributed by atoms with E-state index >= 15 is 0 Å². The predicted molar refractivity (Wildman–Crippen MR) is 92.5 cm³/mol. The van der Waals surface area contributed by atoms with Crippen LogP contribution >= 0.6 is 38.5 Å². The molecule has 0 radical (unpaired) electrons. The van der Waals surface area contributed by atoms with Crippen LogP contribution in [0.15, 0.2) is 16.6 Å². The summed E-state index contributed by atoms with van der Waals surface area (Å²) in [6.45, 7) is 4.40. The van der Waals surface area contributed by atoms with E-state index in [1.54, 1.807) is 0 Å². The van der Waals surface area contributed by atoms with Crippen molar-refractivity contribution in [1.29, 1.82) is 0 Å². The molecule has 2 aromatic rings. The van der Waals surface area contributed by atoms with Gasteiger partial charge >= 0.3 is 0 Å². The first-order valence-electron chi connectivity index (χ1n) is 6.39. The number of hydrogen-bond acceptors (Lipinski definition) is 5. The fourth-order valence-electron chi connectivity index (χ4n) is 2.09. The molecule has 0 atom stereocenters. The summed E-state index contributed by atoms with van der Waals surface area (Å²) in [6, 6.07) is 3.79. The van der Waals surface area contributed by atoms with Gasteiger partial charge in [-0.1, -0.05) is 13.8 Å². The Balaban J connectivity index is 2.15. The molecule has 3 rings (SSSR count). The zero-order valence-electron chi connectivity index (χ0n) is 11.5. The minimum absolute atomic E-state index is 0.227. The van der Waals surface area contributed by atoms with Crippen LogP contribution in [0.25, 0.3) is 11.4 Å². The molecule has 21 heavy (non-hydrogen) atoms. The van der Waals surface area contributed by atoms with Crippen LogP contribution in [-0.4, -0.2) is 16.8 Å². The second-order valence-corrected chi connectivity index (χ2v) is 6.91. The normalized spacial score (nSPS) is 13.0. The van der Waals surface area contributed by atoms with Gasteiger partial charge in [-0.2, -0.15) is 0 Å². The van der Waals surface area contributed by atoms with E-state index in [4.69, 9.17) is 15.2 Å². The summed E-state index contributed by atoms with van der Waals surface area (Å²) in [5.41, 5.74) is 7.82. The highest BCUT2D eigenvalue weighted by molar-refractivity contribution is 14.1. The van der Waals surface area contributed by atoms with Gasteiger partial charge in [0.1, 0.15) is 5.82 Å². The van der Waals surface area contributed by atoms with Crippen molar-refractivity contribution in [3.05, 3.63) is 25.9 Å². The van der Waals surface area contributed by atoms with E-state index in [0.29, 0.717) is 23.1 Å². The lowest BCUT2D eigenvalue weighted by Crippen LogP contribution is -2.06. The number of nitrogen functional groups attached to an aromatic ring is 1. The van der Waals surface area contributed by atoms with Gasteiger partial charge in [-0.05, 0) is 56.6 Å². The number of fused-ring (bicyclic) bond motifs is 1. The minimum atomic E-state index is 0.227. The Hall–Kier alpha value is -1.09. The van der Waals surface area contributed by atoms with Crippen LogP contribution in [-0.2, 0) is 0 Å². The maximum absolute atomic E-state index is 6.02. The number of nitrogens with zero attached hydrogens (tertiary/aromatic N) is 2. The Labute approximate surface area is 144 Å². The van der Waals surface area contributed by atoms with Crippen LogP contribution < -0.4 is 15.2 Å². The number of nitrogens with two attached hydrogens (primary N) is 1. The van der Waals surface area contributed by atoms with E-state index < -0.39 is 0 Å². The van der Waals surface area contributed by atoms with Crippen molar-refractivity contribution in [1.82, 2.24) is 9.97 Å². The van der Waals surface area contributed by atoms with Gasteiger partial charge in [0.05, 0.1) is 13.7 Å². The second-order valence-electron chi connectivity index (χ2n) is 4.98. The first kappa shape index (κ1) is 14.8. The molecule has 0 amide bonds. The summed E-state index contributed by atoms with van der Waals surface area (Å²) in [5, 5.41) is 0. The van der Waals surface area contributed by atoms with Gasteiger partial charge in [0.25, 0.3) is 0 Å². The van der Waals surface area contributed by atoms with Gasteiger partial charge in [0.2, 0.25) is 6.79 Å². The molecule has 7 heteroatoms. The summed E-state index contributed by atoms with van der Waals surface area (Å²) in [5.74, 6) is 2.76. The Morgan fingerprint density at radius 2 is 2.05 bits per heavy atom. The van der Waals surface area contributed by atoms with Crippen LogP contribution in [0.4, 0.5) is 5.82 Å². The van der Waals surface area contributed by atoms with E-state index in [-0.39, 0.29) is 12.7 Å². The monoisotopic (exact) mass is 461 g/mol. The molecule has 1 aromatic carbocycles. The van der Waals surface area contributed by atoms with E-state index in [9.17, 15) is 0 Å². The summed E-state index contributed by atoms with van der Waals surface area (Å²) in [7, 11) is 0. The molecule has 5 nitrogen and oxygen atoms in total. The smallest absolute Gasteiger partial charge is 0.231 e. The lowest BCUT2D eigenvalue weighted by atomic mass is 10.1. The molecule has 0 spiro atoms.